The van der Waals surface area contributed by atoms with Crippen LogP contribution in [0, 0.1) is 16.7 Å². The van der Waals surface area contributed by atoms with Crippen LogP contribution in [-0.4, -0.2) is 24.8 Å². The van der Waals surface area contributed by atoms with Crippen LogP contribution < -0.4 is 0 Å². The van der Waals surface area contributed by atoms with Crippen LogP contribution in [0.4, 0.5) is 0 Å². The minimum Gasteiger partial charge on any atom is -0.459 e. The zero-order valence-corrected chi connectivity index (χ0v) is 12.6. The number of carbonyl (C=O) groups excluding carboxylic acids is 1. The van der Waals surface area contributed by atoms with Crippen molar-refractivity contribution in [2.75, 3.05) is 7.11 Å². The second-order valence-corrected chi connectivity index (χ2v) is 7.84. The molecule has 0 amide bonds. The van der Waals surface area contributed by atoms with Crippen LogP contribution in [0.2, 0.25) is 0 Å². The number of ether oxygens (including phenoxy) is 2. The maximum Gasteiger partial charge on any atom is 0.306 e. The molecule has 0 aromatic carbocycles. The van der Waals surface area contributed by atoms with Gasteiger partial charge in [-0.1, -0.05) is 13.8 Å². The molecule has 3 fully saturated rings. The molecule has 1 heterocycles. The Morgan fingerprint density at radius 3 is 2.68 bits per heavy atom. The largest absolute Gasteiger partial charge is 0.459 e. The first-order chi connectivity index (χ1) is 8.81. The van der Waals surface area contributed by atoms with E-state index in [-0.39, 0.29) is 23.1 Å². The fourth-order valence-electron chi connectivity index (χ4n) is 5.46. The average Bonchev–Trinajstić information content (AvgIpc) is 2.47. The minimum atomic E-state index is -0.263. The van der Waals surface area contributed by atoms with Crippen molar-refractivity contribution in [1.29, 1.82) is 0 Å². The molecule has 1 aliphatic heterocycles. The van der Waals surface area contributed by atoms with Gasteiger partial charge in [0.05, 0.1) is 6.10 Å². The Hall–Kier alpha value is -0.570. The van der Waals surface area contributed by atoms with E-state index in [0.29, 0.717) is 17.8 Å². The molecule has 3 heteroatoms. The molecule has 3 rings (SSSR count). The van der Waals surface area contributed by atoms with Crippen molar-refractivity contribution in [3.63, 3.8) is 0 Å². The van der Waals surface area contributed by atoms with Crippen LogP contribution in [-0.2, 0) is 14.3 Å². The number of carbonyl (C=O) groups is 1. The van der Waals surface area contributed by atoms with Crippen LogP contribution in [0.3, 0.4) is 0 Å². The predicted octanol–water partition coefficient (Wildman–Crippen LogP) is 3.31. The third kappa shape index (κ3) is 1.84. The zero-order chi connectivity index (χ0) is 13.9. The summed E-state index contributed by atoms with van der Waals surface area (Å²) in [7, 11) is 1.83. The number of esters is 1. The lowest BCUT2D eigenvalue weighted by Crippen LogP contribution is -2.49. The molecular weight excluding hydrogens is 240 g/mol. The van der Waals surface area contributed by atoms with Gasteiger partial charge in [-0.25, -0.2) is 0 Å². The Kier molecular flexibility index (Phi) is 2.80. The van der Waals surface area contributed by atoms with E-state index in [1.165, 1.54) is 0 Å². The molecule has 19 heavy (non-hydrogen) atoms. The highest BCUT2D eigenvalue weighted by atomic mass is 16.6. The fourth-order valence-corrected chi connectivity index (χ4v) is 5.46. The summed E-state index contributed by atoms with van der Waals surface area (Å²) in [5.74, 6) is 0.645. The number of fused-ring (bicyclic) bond motifs is 1. The standard InChI is InChI=1S/C16H26O3/c1-14(2)9-12(18-4)16-8-6-13(17)19-15(3,10-16)7-5-11(14)16/h11-12H,5-10H2,1-4H3/t11-,12-,15+,16-/m0/s1. The van der Waals surface area contributed by atoms with Gasteiger partial charge in [0.25, 0.3) is 0 Å². The van der Waals surface area contributed by atoms with E-state index >= 15 is 0 Å². The summed E-state index contributed by atoms with van der Waals surface area (Å²) >= 11 is 0. The van der Waals surface area contributed by atoms with Crippen LogP contribution in [0.5, 0.6) is 0 Å². The summed E-state index contributed by atoms with van der Waals surface area (Å²) in [4.78, 5) is 11.9. The predicted molar refractivity (Wildman–Crippen MR) is 72.7 cm³/mol. The summed E-state index contributed by atoms with van der Waals surface area (Å²) in [5, 5.41) is 0. The van der Waals surface area contributed by atoms with Gasteiger partial charge < -0.3 is 9.47 Å². The van der Waals surface area contributed by atoms with E-state index in [1.54, 1.807) is 0 Å². The number of hydrogen-bond acceptors (Lipinski definition) is 3. The first-order valence-corrected chi connectivity index (χ1v) is 7.56. The van der Waals surface area contributed by atoms with Crippen molar-refractivity contribution in [2.24, 2.45) is 16.7 Å². The lowest BCUT2D eigenvalue weighted by Gasteiger charge is -2.50. The summed E-state index contributed by atoms with van der Waals surface area (Å²) in [6, 6.07) is 0. The monoisotopic (exact) mass is 266 g/mol. The highest BCUT2D eigenvalue weighted by Crippen LogP contribution is 2.65. The van der Waals surface area contributed by atoms with E-state index < -0.39 is 0 Å². The molecule has 1 saturated heterocycles. The van der Waals surface area contributed by atoms with Crippen LogP contribution in [0.25, 0.3) is 0 Å². The lowest BCUT2D eigenvalue weighted by molar-refractivity contribution is -0.164. The zero-order valence-electron chi connectivity index (χ0n) is 12.6. The van der Waals surface area contributed by atoms with Crippen molar-refractivity contribution in [2.45, 2.75) is 71.0 Å². The normalized spacial score (nSPS) is 48.3. The SMILES string of the molecule is CO[C@H]1CC(C)(C)[C@@H]2CC[C@]3(C)C[C@]12CCC(=O)O3. The Morgan fingerprint density at radius 2 is 2.00 bits per heavy atom. The maximum atomic E-state index is 11.9. The van der Waals surface area contributed by atoms with Crippen molar-refractivity contribution < 1.29 is 14.3 Å². The van der Waals surface area contributed by atoms with Gasteiger partial charge in [-0.2, -0.15) is 0 Å². The van der Waals surface area contributed by atoms with Crippen molar-refractivity contribution in [3.8, 4) is 0 Å². The highest BCUT2D eigenvalue weighted by molar-refractivity contribution is 5.70. The Morgan fingerprint density at radius 1 is 1.26 bits per heavy atom. The maximum absolute atomic E-state index is 11.9. The van der Waals surface area contributed by atoms with E-state index in [1.807, 2.05) is 7.11 Å². The molecule has 2 bridgehead atoms. The molecule has 3 aliphatic rings. The van der Waals surface area contributed by atoms with Gasteiger partial charge in [-0.3, -0.25) is 4.79 Å². The number of rotatable bonds is 1. The van der Waals surface area contributed by atoms with Gasteiger partial charge in [0.2, 0.25) is 0 Å². The molecule has 0 aromatic rings. The molecule has 3 nitrogen and oxygen atoms in total. The summed E-state index contributed by atoms with van der Waals surface area (Å²) in [6.07, 6.45) is 6.04. The van der Waals surface area contributed by atoms with Crippen LogP contribution in [0.1, 0.15) is 59.3 Å². The number of methoxy groups -OCH3 is 1. The van der Waals surface area contributed by atoms with E-state index in [4.69, 9.17) is 9.47 Å². The second-order valence-electron chi connectivity index (χ2n) is 7.84. The van der Waals surface area contributed by atoms with Crippen molar-refractivity contribution in [3.05, 3.63) is 0 Å². The second kappa shape index (κ2) is 3.97. The van der Waals surface area contributed by atoms with Gasteiger partial charge in [0.15, 0.2) is 0 Å². The fraction of sp³-hybridized carbons (Fsp3) is 0.938. The van der Waals surface area contributed by atoms with E-state index in [0.717, 1.165) is 32.1 Å². The lowest BCUT2D eigenvalue weighted by atomic mass is 9.57. The van der Waals surface area contributed by atoms with Crippen molar-refractivity contribution in [1.82, 2.24) is 0 Å². The summed E-state index contributed by atoms with van der Waals surface area (Å²) < 4.78 is 11.6. The first kappa shape index (κ1) is 13.4. The van der Waals surface area contributed by atoms with Gasteiger partial charge in [0, 0.05) is 18.9 Å². The molecule has 0 unspecified atom stereocenters. The smallest absolute Gasteiger partial charge is 0.306 e. The van der Waals surface area contributed by atoms with Crippen LogP contribution in [0.15, 0.2) is 0 Å². The van der Waals surface area contributed by atoms with E-state index in [9.17, 15) is 4.79 Å². The Labute approximate surface area is 116 Å². The van der Waals surface area contributed by atoms with Gasteiger partial charge in [-0.15, -0.1) is 0 Å². The minimum absolute atomic E-state index is 0.0143. The third-order valence-corrected chi connectivity index (χ3v) is 6.09. The molecule has 0 N–H and O–H groups in total. The molecule has 1 spiro atoms. The molecule has 0 aromatic heterocycles. The van der Waals surface area contributed by atoms with Crippen molar-refractivity contribution >= 4 is 5.97 Å². The molecule has 0 radical (unpaired) electrons. The highest BCUT2D eigenvalue weighted by Gasteiger charge is 2.63. The molecule has 2 saturated carbocycles. The van der Waals surface area contributed by atoms with E-state index in [2.05, 4.69) is 20.8 Å². The molecular formula is C16H26O3. The molecule has 2 aliphatic carbocycles. The average molecular weight is 266 g/mol. The topological polar surface area (TPSA) is 35.5 Å². The van der Waals surface area contributed by atoms with Crippen LogP contribution >= 0.6 is 0 Å². The van der Waals surface area contributed by atoms with Gasteiger partial charge in [-0.05, 0) is 50.4 Å². The van der Waals surface area contributed by atoms with Gasteiger partial charge >= 0.3 is 5.97 Å². The summed E-state index contributed by atoms with van der Waals surface area (Å²) in [5.41, 5.74) is 0.202. The first-order valence-electron chi connectivity index (χ1n) is 7.56. The quantitative estimate of drug-likeness (QED) is 0.683. The molecule has 108 valence electrons. The number of hydrogen-bond donors (Lipinski definition) is 0. The Bertz CT molecular complexity index is 403. The van der Waals surface area contributed by atoms with Gasteiger partial charge in [0.1, 0.15) is 5.60 Å². The molecule has 4 atom stereocenters. The Balaban J connectivity index is 2.04. The third-order valence-electron chi connectivity index (χ3n) is 6.09. The summed E-state index contributed by atoms with van der Waals surface area (Å²) in [6.45, 7) is 6.86.